The van der Waals surface area contributed by atoms with E-state index in [0.717, 1.165) is 29.1 Å². The lowest BCUT2D eigenvalue weighted by Crippen LogP contribution is -2.42. The maximum absolute atomic E-state index is 12.7. The lowest BCUT2D eigenvalue weighted by atomic mass is 10.1. The lowest BCUT2D eigenvalue weighted by molar-refractivity contribution is 0.330. The minimum absolute atomic E-state index is 0.227. The van der Waals surface area contributed by atoms with Crippen molar-refractivity contribution >= 4 is 27.2 Å². The molecule has 0 amide bonds. The van der Waals surface area contributed by atoms with Crippen LogP contribution in [0.2, 0.25) is 0 Å². The predicted molar refractivity (Wildman–Crippen MR) is 91.2 cm³/mol. The number of sulfonamides is 1. The molecule has 0 saturated carbocycles. The van der Waals surface area contributed by atoms with Crippen molar-refractivity contribution in [1.29, 1.82) is 0 Å². The zero-order valence-corrected chi connectivity index (χ0v) is 14.8. The molecule has 1 N–H and O–H groups in total. The van der Waals surface area contributed by atoms with E-state index in [0.29, 0.717) is 17.3 Å². The smallest absolute Gasteiger partial charge is 0.252 e. The van der Waals surface area contributed by atoms with Gasteiger partial charge in [-0.1, -0.05) is 0 Å². The molecule has 3 rings (SSSR count). The first kappa shape index (κ1) is 16.4. The number of aromatic nitrogens is 2. The van der Waals surface area contributed by atoms with E-state index in [-0.39, 0.29) is 6.04 Å². The van der Waals surface area contributed by atoms with Crippen molar-refractivity contribution in [3.05, 3.63) is 34.8 Å². The van der Waals surface area contributed by atoms with Crippen molar-refractivity contribution in [2.45, 2.75) is 36.9 Å². The quantitative estimate of drug-likeness (QED) is 0.914. The van der Waals surface area contributed by atoms with Crippen molar-refractivity contribution in [3.8, 4) is 0 Å². The molecule has 1 fully saturated rings. The summed E-state index contributed by atoms with van der Waals surface area (Å²) >= 11 is 1.35. The van der Waals surface area contributed by atoms with E-state index < -0.39 is 10.0 Å². The molecule has 0 aromatic carbocycles. The van der Waals surface area contributed by atoms with Gasteiger partial charge >= 0.3 is 0 Å². The normalized spacial score (nSPS) is 17.3. The monoisotopic (exact) mass is 352 g/mol. The Morgan fingerprint density at radius 2 is 2.04 bits per heavy atom. The van der Waals surface area contributed by atoms with Crippen molar-refractivity contribution in [2.75, 3.05) is 18.4 Å². The highest BCUT2D eigenvalue weighted by molar-refractivity contribution is 7.91. The predicted octanol–water partition coefficient (Wildman–Crippen LogP) is 2.42. The Morgan fingerprint density at radius 3 is 2.61 bits per heavy atom. The minimum atomic E-state index is -3.36. The number of hydrogen-bond acceptors (Lipinski definition) is 6. The van der Waals surface area contributed by atoms with E-state index in [9.17, 15) is 8.42 Å². The molecule has 2 aromatic rings. The Kier molecular flexibility index (Phi) is 4.65. The third kappa shape index (κ3) is 3.54. The molecule has 8 heteroatoms. The summed E-state index contributed by atoms with van der Waals surface area (Å²) in [6.07, 6.45) is 3.16. The standard InChI is InChI=1S/C15H20N4O2S2/c1-11-10-15(22-12(11)2)23(20,21)19-8-5-13(6-9-19)17-14-4-3-7-16-18-14/h3-4,7,10,13H,5-6,8-9H2,1-2H3,(H,17,18). The van der Waals surface area contributed by atoms with Gasteiger partial charge in [-0.2, -0.15) is 9.40 Å². The van der Waals surface area contributed by atoms with Crippen LogP contribution in [0.25, 0.3) is 0 Å². The van der Waals surface area contributed by atoms with Gasteiger partial charge in [-0.05, 0) is 50.5 Å². The Labute approximate surface area is 140 Å². The van der Waals surface area contributed by atoms with Crippen LogP contribution in [-0.2, 0) is 10.0 Å². The van der Waals surface area contributed by atoms with Crippen LogP contribution in [0, 0.1) is 13.8 Å². The fourth-order valence-electron chi connectivity index (χ4n) is 2.62. The van der Waals surface area contributed by atoms with E-state index in [2.05, 4.69) is 15.5 Å². The second-order valence-corrected chi connectivity index (χ2v) is 9.16. The highest BCUT2D eigenvalue weighted by Gasteiger charge is 2.30. The van der Waals surface area contributed by atoms with Gasteiger partial charge in [-0.15, -0.1) is 16.4 Å². The topological polar surface area (TPSA) is 75.2 Å². The van der Waals surface area contributed by atoms with Gasteiger partial charge in [-0.25, -0.2) is 8.42 Å². The largest absolute Gasteiger partial charge is 0.366 e. The van der Waals surface area contributed by atoms with Crippen LogP contribution >= 0.6 is 11.3 Å². The molecule has 0 unspecified atom stereocenters. The number of rotatable bonds is 4. The van der Waals surface area contributed by atoms with Crippen LogP contribution in [0.1, 0.15) is 23.3 Å². The molecule has 0 spiro atoms. The maximum atomic E-state index is 12.7. The van der Waals surface area contributed by atoms with Crippen molar-refractivity contribution in [1.82, 2.24) is 14.5 Å². The molecule has 6 nitrogen and oxygen atoms in total. The Balaban J connectivity index is 1.64. The van der Waals surface area contributed by atoms with Gasteiger partial charge in [0.25, 0.3) is 10.0 Å². The van der Waals surface area contributed by atoms with Gasteiger partial charge in [0.05, 0.1) is 0 Å². The SMILES string of the molecule is Cc1cc(S(=O)(=O)N2CCC(Nc3cccnn3)CC2)sc1C. The summed E-state index contributed by atoms with van der Waals surface area (Å²) < 4.78 is 27.5. The number of piperidine rings is 1. The second-order valence-electron chi connectivity index (χ2n) is 5.74. The molecule has 1 saturated heterocycles. The molecule has 1 aliphatic heterocycles. The van der Waals surface area contributed by atoms with E-state index in [1.165, 1.54) is 11.3 Å². The van der Waals surface area contributed by atoms with Crippen molar-refractivity contribution < 1.29 is 8.42 Å². The number of hydrogen-bond donors (Lipinski definition) is 1. The van der Waals surface area contributed by atoms with Crippen molar-refractivity contribution in [3.63, 3.8) is 0 Å². The molecular formula is C15H20N4O2S2. The summed E-state index contributed by atoms with van der Waals surface area (Å²) in [7, 11) is -3.36. The number of nitrogens with one attached hydrogen (secondary N) is 1. The average Bonchev–Trinajstić information content (AvgIpc) is 2.89. The molecule has 3 heterocycles. The first-order valence-electron chi connectivity index (χ1n) is 7.58. The molecule has 0 bridgehead atoms. The molecular weight excluding hydrogens is 332 g/mol. The zero-order chi connectivity index (χ0) is 16.4. The number of thiophene rings is 1. The van der Waals surface area contributed by atoms with Gasteiger partial charge in [0.15, 0.2) is 0 Å². The molecule has 0 radical (unpaired) electrons. The summed E-state index contributed by atoms with van der Waals surface area (Å²) in [6, 6.07) is 5.70. The molecule has 1 aliphatic rings. The lowest BCUT2D eigenvalue weighted by Gasteiger charge is -2.31. The van der Waals surface area contributed by atoms with Gasteiger partial charge in [-0.3, -0.25) is 0 Å². The van der Waals surface area contributed by atoms with E-state index in [4.69, 9.17) is 0 Å². The number of aryl methyl sites for hydroxylation is 2. The second kappa shape index (κ2) is 6.54. The Hall–Kier alpha value is -1.51. The summed E-state index contributed by atoms with van der Waals surface area (Å²) in [4.78, 5) is 1.06. The highest BCUT2D eigenvalue weighted by atomic mass is 32.2. The van der Waals surface area contributed by atoms with Gasteiger partial charge in [0.2, 0.25) is 0 Å². The Bertz CT molecular complexity index is 747. The summed E-state index contributed by atoms with van der Waals surface area (Å²) in [5, 5.41) is 11.2. The minimum Gasteiger partial charge on any atom is -0.366 e. The summed E-state index contributed by atoms with van der Waals surface area (Å²) in [6.45, 7) is 4.95. The third-order valence-corrected chi connectivity index (χ3v) is 7.62. The van der Waals surface area contributed by atoms with E-state index >= 15 is 0 Å². The van der Waals surface area contributed by atoms with Crippen LogP contribution in [-0.4, -0.2) is 42.1 Å². The van der Waals surface area contributed by atoms with Gasteiger partial charge in [0.1, 0.15) is 10.0 Å². The first-order chi connectivity index (χ1) is 11.0. The fourth-order valence-corrected chi connectivity index (χ4v) is 5.76. The highest BCUT2D eigenvalue weighted by Crippen LogP contribution is 2.29. The maximum Gasteiger partial charge on any atom is 0.252 e. The summed E-state index contributed by atoms with van der Waals surface area (Å²) in [5.74, 6) is 0.735. The van der Waals surface area contributed by atoms with E-state index in [1.54, 1.807) is 16.6 Å². The number of anilines is 1. The Morgan fingerprint density at radius 1 is 1.30 bits per heavy atom. The van der Waals surface area contributed by atoms with Gasteiger partial charge in [0, 0.05) is 30.2 Å². The first-order valence-corrected chi connectivity index (χ1v) is 9.84. The van der Waals surface area contributed by atoms with Crippen molar-refractivity contribution in [2.24, 2.45) is 0 Å². The summed E-state index contributed by atoms with van der Waals surface area (Å²) in [5.41, 5.74) is 1.03. The van der Waals surface area contributed by atoms with Crippen LogP contribution in [0.3, 0.4) is 0 Å². The molecule has 23 heavy (non-hydrogen) atoms. The van der Waals surface area contributed by atoms with Crippen LogP contribution in [0.15, 0.2) is 28.6 Å². The van der Waals surface area contributed by atoms with Crippen LogP contribution in [0.4, 0.5) is 5.82 Å². The van der Waals surface area contributed by atoms with E-state index in [1.807, 2.05) is 26.0 Å². The average molecular weight is 352 g/mol. The van der Waals surface area contributed by atoms with Gasteiger partial charge < -0.3 is 5.32 Å². The molecule has 0 atom stereocenters. The fraction of sp³-hybridized carbons (Fsp3) is 0.467. The third-order valence-electron chi connectivity index (χ3n) is 4.12. The zero-order valence-electron chi connectivity index (χ0n) is 13.2. The molecule has 124 valence electrons. The van der Waals surface area contributed by atoms with Crippen LogP contribution < -0.4 is 5.32 Å². The molecule has 2 aromatic heterocycles. The molecule has 0 aliphatic carbocycles. The van der Waals surface area contributed by atoms with Crippen LogP contribution in [0.5, 0.6) is 0 Å². The number of nitrogens with zero attached hydrogens (tertiary/aromatic N) is 3.